The fraction of sp³-hybridized carbons (Fsp3) is 0.350. The van der Waals surface area contributed by atoms with Gasteiger partial charge in [-0.25, -0.2) is 22.0 Å². The first-order valence-corrected chi connectivity index (χ1v) is 8.49. The van der Waals surface area contributed by atoms with Crippen molar-refractivity contribution in [1.29, 1.82) is 0 Å². The fourth-order valence-corrected chi connectivity index (χ4v) is 2.97. The second-order valence-electron chi connectivity index (χ2n) is 6.87. The molecule has 0 aliphatic rings. The van der Waals surface area contributed by atoms with Gasteiger partial charge < -0.3 is 5.32 Å². The number of amides is 1. The summed E-state index contributed by atoms with van der Waals surface area (Å²) in [5.41, 5.74) is -0.571. The topological polar surface area (TPSA) is 29.1 Å². The Hall–Kier alpha value is -2.44. The van der Waals surface area contributed by atoms with E-state index < -0.39 is 46.1 Å². The van der Waals surface area contributed by atoms with Crippen LogP contribution in [0.5, 0.6) is 0 Å². The minimum absolute atomic E-state index is 0.252. The van der Waals surface area contributed by atoms with E-state index in [2.05, 4.69) is 0 Å². The maximum atomic E-state index is 13.9. The molecule has 2 aromatic rings. The molecule has 0 aliphatic heterocycles. The molecule has 7 heteroatoms. The van der Waals surface area contributed by atoms with Gasteiger partial charge in [0.1, 0.15) is 5.69 Å². The van der Waals surface area contributed by atoms with Gasteiger partial charge in [0.2, 0.25) is 11.7 Å². The van der Waals surface area contributed by atoms with E-state index in [0.717, 1.165) is 11.1 Å². The zero-order chi connectivity index (χ0) is 20.4. The van der Waals surface area contributed by atoms with E-state index in [-0.39, 0.29) is 6.42 Å². The molecule has 0 radical (unpaired) electrons. The van der Waals surface area contributed by atoms with Crippen LogP contribution in [-0.2, 0) is 11.2 Å². The van der Waals surface area contributed by atoms with Crippen LogP contribution in [0.3, 0.4) is 0 Å². The van der Waals surface area contributed by atoms with E-state index in [1.807, 2.05) is 43.4 Å². The van der Waals surface area contributed by atoms with Crippen molar-refractivity contribution in [3.8, 4) is 0 Å². The molecule has 2 nitrogen and oxygen atoms in total. The summed E-state index contributed by atoms with van der Waals surface area (Å²) in [7, 11) is 0. The van der Waals surface area contributed by atoms with Crippen LogP contribution >= 0.6 is 0 Å². The van der Waals surface area contributed by atoms with Crippen molar-refractivity contribution in [2.24, 2.45) is 5.41 Å². The first kappa shape index (κ1) is 20.9. The van der Waals surface area contributed by atoms with Gasteiger partial charge in [0, 0.05) is 0 Å². The summed E-state index contributed by atoms with van der Waals surface area (Å²) in [6.45, 7) is 5.34. The van der Waals surface area contributed by atoms with Crippen LogP contribution in [0.2, 0.25) is 0 Å². The molecule has 146 valence electrons. The molecule has 1 N–H and O–H groups in total. The highest BCUT2D eigenvalue weighted by Gasteiger charge is 2.35. The van der Waals surface area contributed by atoms with Gasteiger partial charge in [0.15, 0.2) is 23.3 Å². The maximum absolute atomic E-state index is 13.9. The Labute approximate surface area is 154 Å². The number of aryl methyl sites for hydroxylation is 1. The predicted molar refractivity (Wildman–Crippen MR) is 92.8 cm³/mol. The van der Waals surface area contributed by atoms with Crippen LogP contribution in [0, 0.1) is 41.4 Å². The number of halogens is 5. The highest BCUT2D eigenvalue weighted by Crippen LogP contribution is 2.33. The molecule has 0 saturated heterocycles. The summed E-state index contributed by atoms with van der Waals surface area (Å²) in [6, 6.07) is 7.39. The van der Waals surface area contributed by atoms with Crippen LogP contribution in [0.25, 0.3) is 0 Å². The molecular formula is C20H20F5NO. The number of carbonyl (C=O) groups is 1. The molecule has 1 unspecified atom stereocenters. The van der Waals surface area contributed by atoms with Crippen molar-refractivity contribution in [2.45, 2.75) is 40.0 Å². The van der Waals surface area contributed by atoms with Crippen LogP contribution in [0.1, 0.15) is 37.8 Å². The number of benzene rings is 2. The van der Waals surface area contributed by atoms with Crippen molar-refractivity contribution in [3.05, 3.63) is 64.5 Å². The van der Waals surface area contributed by atoms with Crippen molar-refractivity contribution in [3.63, 3.8) is 0 Å². The molecule has 27 heavy (non-hydrogen) atoms. The standard InChI is InChI=1S/C20H20F5NO/c1-4-9-20(3,10-12-7-5-11(2)6-8-12)19(27)26-18-16(24)14(22)13(21)15(23)17(18)25/h5-8H,4,9-10H2,1-3H3,(H,26,27). The summed E-state index contributed by atoms with van der Waals surface area (Å²) in [5.74, 6) is -11.4. The Morgan fingerprint density at radius 2 is 1.41 bits per heavy atom. The first-order valence-electron chi connectivity index (χ1n) is 8.49. The summed E-state index contributed by atoms with van der Waals surface area (Å²) >= 11 is 0. The van der Waals surface area contributed by atoms with Gasteiger partial charge in [-0.2, -0.15) is 0 Å². The number of anilines is 1. The molecular weight excluding hydrogens is 365 g/mol. The van der Waals surface area contributed by atoms with Crippen LogP contribution in [0.4, 0.5) is 27.6 Å². The Bertz CT molecular complexity index is 821. The molecule has 0 aromatic heterocycles. The Morgan fingerprint density at radius 3 is 1.89 bits per heavy atom. The van der Waals surface area contributed by atoms with Crippen LogP contribution < -0.4 is 5.32 Å². The van der Waals surface area contributed by atoms with E-state index in [0.29, 0.717) is 12.8 Å². The molecule has 0 aliphatic carbocycles. The summed E-state index contributed by atoms with van der Waals surface area (Å²) in [4.78, 5) is 12.7. The summed E-state index contributed by atoms with van der Waals surface area (Å²) in [6.07, 6.45) is 1.21. The summed E-state index contributed by atoms with van der Waals surface area (Å²) in [5, 5.41) is 1.91. The van der Waals surface area contributed by atoms with Crippen molar-refractivity contribution >= 4 is 11.6 Å². The van der Waals surface area contributed by atoms with Crippen molar-refractivity contribution in [1.82, 2.24) is 0 Å². The molecule has 0 fully saturated rings. The van der Waals surface area contributed by atoms with Crippen molar-refractivity contribution in [2.75, 3.05) is 5.32 Å². The Morgan fingerprint density at radius 1 is 0.926 bits per heavy atom. The largest absolute Gasteiger partial charge is 0.321 e. The van der Waals surface area contributed by atoms with Gasteiger partial charge in [0.25, 0.3) is 0 Å². The van der Waals surface area contributed by atoms with E-state index in [1.54, 1.807) is 6.92 Å². The van der Waals surface area contributed by atoms with E-state index in [9.17, 15) is 26.7 Å². The highest BCUT2D eigenvalue weighted by atomic mass is 19.2. The summed E-state index contributed by atoms with van der Waals surface area (Å²) < 4.78 is 67.7. The van der Waals surface area contributed by atoms with Gasteiger partial charge >= 0.3 is 0 Å². The lowest BCUT2D eigenvalue weighted by atomic mass is 9.78. The van der Waals surface area contributed by atoms with Gasteiger partial charge in [0.05, 0.1) is 5.41 Å². The number of nitrogens with one attached hydrogen (secondary N) is 1. The quantitative estimate of drug-likeness (QED) is 0.387. The van der Waals surface area contributed by atoms with Crippen LogP contribution in [0.15, 0.2) is 24.3 Å². The van der Waals surface area contributed by atoms with Gasteiger partial charge in [-0.15, -0.1) is 0 Å². The van der Waals surface area contributed by atoms with Gasteiger partial charge in [-0.1, -0.05) is 50.1 Å². The predicted octanol–water partition coefficient (Wildman–Crippen LogP) is 5.68. The number of rotatable bonds is 6. The Balaban J connectivity index is 2.36. The minimum atomic E-state index is -2.26. The fourth-order valence-electron chi connectivity index (χ4n) is 2.97. The SMILES string of the molecule is CCCC(C)(Cc1ccc(C)cc1)C(=O)Nc1c(F)c(F)c(F)c(F)c1F. The number of carbonyl (C=O) groups excluding carboxylic acids is 1. The van der Waals surface area contributed by atoms with Gasteiger partial charge in [-0.05, 0) is 25.3 Å². The molecule has 2 rings (SSSR count). The Kier molecular flexibility index (Phi) is 6.23. The molecule has 0 heterocycles. The van der Waals surface area contributed by atoms with E-state index in [4.69, 9.17) is 0 Å². The molecule has 2 aromatic carbocycles. The maximum Gasteiger partial charge on any atom is 0.230 e. The zero-order valence-electron chi connectivity index (χ0n) is 15.2. The molecule has 1 amide bonds. The van der Waals surface area contributed by atoms with Gasteiger partial charge in [-0.3, -0.25) is 4.79 Å². The normalized spacial score (nSPS) is 13.3. The lowest BCUT2D eigenvalue weighted by Gasteiger charge is -2.28. The average Bonchev–Trinajstić information content (AvgIpc) is 2.64. The van der Waals surface area contributed by atoms with E-state index in [1.165, 1.54) is 0 Å². The second kappa shape index (κ2) is 8.06. The monoisotopic (exact) mass is 385 g/mol. The zero-order valence-corrected chi connectivity index (χ0v) is 15.2. The third-order valence-corrected chi connectivity index (χ3v) is 4.51. The lowest BCUT2D eigenvalue weighted by molar-refractivity contribution is -0.125. The molecule has 0 bridgehead atoms. The smallest absolute Gasteiger partial charge is 0.230 e. The number of hydrogen-bond donors (Lipinski definition) is 1. The highest BCUT2D eigenvalue weighted by molar-refractivity contribution is 5.95. The molecule has 1 atom stereocenters. The first-order chi connectivity index (χ1) is 12.6. The van der Waals surface area contributed by atoms with E-state index >= 15 is 0 Å². The molecule has 0 saturated carbocycles. The second-order valence-corrected chi connectivity index (χ2v) is 6.87. The molecule has 0 spiro atoms. The average molecular weight is 385 g/mol. The lowest BCUT2D eigenvalue weighted by Crippen LogP contribution is -2.36. The van der Waals surface area contributed by atoms with Crippen molar-refractivity contribution < 1.29 is 26.7 Å². The number of hydrogen-bond acceptors (Lipinski definition) is 1. The third kappa shape index (κ3) is 4.28. The minimum Gasteiger partial charge on any atom is -0.321 e. The van der Waals surface area contributed by atoms with Crippen LogP contribution in [-0.4, -0.2) is 5.91 Å². The third-order valence-electron chi connectivity index (χ3n) is 4.51.